The van der Waals surface area contributed by atoms with E-state index in [4.69, 9.17) is 9.47 Å². The Balaban J connectivity index is 1.83. The highest BCUT2D eigenvalue weighted by Crippen LogP contribution is 2.42. The molecule has 7 nitrogen and oxygen atoms in total. The van der Waals surface area contributed by atoms with E-state index in [1.807, 2.05) is 19.1 Å². The predicted octanol–water partition coefficient (Wildman–Crippen LogP) is 5.28. The van der Waals surface area contributed by atoms with Gasteiger partial charge in [-0.25, -0.2) is 0 Å². The number of hydrogen-bond acceptors (Lipinski definition) is 6. The molecule has 7 heteroatoms. The molecular weight excluding hydrogens is 456 g/mol. The van der Waals surface area contributed by atoms with Gasteiger partial charge in [0, 0.05) is 24.5 Å². The van der Waals surface area contributed by atoms with Crippen molar-refractivity contribution in [3.63, 3.8) is 0 Å². The summed E-state index contributed by atoms with van der Waals surface area (Å²) in [4.78, 5) is 32.0. The summed E-state index contributed by atoms with van der Waals surface area (Å²) in [5.74, 6) is -0.479. The lowest BCUT2D eigenvalue weighted by molar-refractivity contribution is -0.140. The minimum atomic E-state index is -0.803. The molecule has 2 heterocycles. The van der Waals surface area contributed by atoms with Crippen molar-refractivity contribution < 1.29 is 24.2 Å². The molecule has 1 fully saturated rings. The average molecular weight is 487 g/mol. The lowest BCUT2D eigenvalue weighted by atomic mass is 9.95. The summed E-state index contributed by atoms with van der Waals surface area (Å²) in [6.07, 6.45) is 5.20. The average Bonchev–Trinajstić information content (AvgIpc) is 3.15. The Kier molecular flexibility index (Phi) is 8.00. The zero-order chi connectivity index (χ0) is 25.5. The first-order chi connectivity index (χ1) is 17.5. The van der Waals surface area contributed by atoms with E-state index in [1.54, 1.807) is 60.9 Å². The van der Waals surface area contributed by atoms with Crippen molar-refractivity contribution in [2.75, 3.05) is 13.2 Å². The highest BCUT2D eigenvalue weighted by atomic mass is 16.5. The lowest BCUT2D eigenvalue weighted by Crippen LogP contribution is -2.29. The summed E-state index contributed by atoms with van der Waals surface area (Å²) in [5.41, 5.74) is 1.98. The van der Waals surface area contributed by atoms with Gasteiger partial charge in [-0.15, -0.1) is 0 Å². The number of carbonyl (C=O) groups is 2. The van der Waals surface area contributed by atoms with E-state index < -0.39 is 17.7 Å². The fraction of sp³-hybridized carbons (Fsp3) is 0.276. The first kappa shape index (κ1) is 25.0. The molecule has 1 saturated heterocycles. The van der Waals surface area contributed by atoms with Gasteiger partial charge in [-0.2, -0.15) is 0 Å². The number of pyridine rings is 1. The van der Waals surface area contributed by atoms with Crippen LogP contribution in [0.5, 0.6) is 11.5 Å². The highest BCUT2D eigenvalue weighted by molar-refractivity contribution is 6.46. The van der Waals surface area contributed by atoms with Crippen LogP contribution >= 0.6 is 0 Å². The second-order valence-corrected chi connectivity index (χ2v) is 8.49. The number of aliphatic hydroxyl groups excluding tert-OH is 1. The third kappa shape index (κ3) is 5.25. The van der Waals surface area contributed by atoms with Crippen LogP contribution in [-0.4, -0.2) is 39.9 Å². The van der Waals surface area contributed by atoms with Crippen LogP contribution in [0.2, 0.25) is 0 Å². The summed E-state index contributed by atoms with van der Waals surface area (Å²) in [7, 11) is 0. The van der Waals surface area contributed by atoms with Crippen LogP contribution in [0.1, 0.15) is 49.4 Å². The fourth-order valence-electron chi connectivity index (χ4n) is 4.23. The molecule has 3 aromatic rings. The number of rotatable bonds is 10. The van der Waals surface area contributed by atoms with Gasteiger partial charge in [0.25, 0.3) is 11.7 Å². The molecule has 1 aromatic heterocycles. The number of benzene rings is 2. The van der Waals surface area contributed by atoms with Crippen LogP contribution in [0.3, 0.4) is 0 Å². The molecule has 1 amide bonds. The Morgan fingerprint density at radius 3 is 2.42 bits per heavy atom. The molecule has 36 heavy (non-hydrogen) atoms. The molecule has 0 saturated carbocycles. The molecule has 0 aliphatic carbocycles. The summed E-state index contributed by atoms with van der Waals surface area (Å²) in [6.45, 7) is 5.14. The number of aliphatic hydroxyl groups is 1. The smallest absolute Gasteiger partial charge is 0.295 e. The van der Waals surface area contributed by atoms with E-state index in [1.165, 1.54) is 4.90 Å². The second kappa shape index (κ2) is 11.5. The van der Waals surface area contributed by atoms with Gasteiger partial charge in [-0.05, 0) is 48.7 Å². The molecule has 0 radical (unpaired) electrons. The van der Waals surface area contributed by atoms with Crippen molar-refractivity contribution in [2.24, 2.45) is 0 Å². The maximum atomic E-state index is 13.3. The molecule has 1 aliphatic rings. The first-order valence-electron chi connectivity index (χ1n) is 12.2. The Morgan fingerprint density at radius 1 is 0.972 bits per heavy atom. The number of likely N-dealkylation sites (tertiary alicyclic amines) is 1. The van der Waals surface area contributed by atoms with Crippen molar-refractivity contribution in [2.45, 2.75) is 39.3 Å². The lowest BCUT2D eigenvalue weighted by Gasteiger charge is -2.26. The van der Waals surface area contributed by atoms with Gasteiger partial charge in [-0.3, -0.25) is 14.6 Å². The van der Waals surface area contributed by atoms with Crippen LogP contribution in [-0.2, 0) is 16.1 Å². The van der Waals surface area contributed by atoms with Gasteiger partial charge < -0.3 is 19.5 Å². The highest BCUT2D eigenvalue weighted by Gasteiger charge is 2.46. The predicted molar refractivity (Wildman–Crippen MR) is 137 cm³/mol. The van der Waals surface area contributed by atoms with Crippen molar-refractivity contribution >= 4 is 17.4 Å². The maximum Gasteiger partial charge on any atom is 0.295 e. The van der Waals surface area contributed by atoms with E-state index in [-0.39, 0.29) is 17.9 Å². The van der Waals surface area contributed by atoms with Crippen molar-refractivity contribution in [1.29, 1.82) is 0 Å². The summed E-state index contributed by atoms with van der Waals surface area (Å²) >= 11 is 0. The quantitative estimate of drug-likeness (QED) is 0.182. The van der Waals surface area contributed by atoms with Crippen molar-refractivity contribution in [3.05, 3.63) is 95.3 Å². The number of ketones is 1. The van der Waals surface area contributed by atoms with Crippen LogP contribution in [0, 0.1) is 0 Å². The normalized spacial score (nSPS) is 16.8. The standard InChI is InChI=1S/C29H30N2O5/c1-3-5-17-36-23-12-11-22(18-24(23)35-4-2)26-25(27(32)21-9-7-6-8-10-21)28(33)29(34)31(26)19-20-13-15-30-16-14-20/h6-16,18,26,32H,3-5,17,19H2,1-2H3. The van der Waals surface area contributed by atoms with E-state index in [0.29, 0.717) is 35.8 Å². The Hall–Kier alpha value is -4.13. The Bertz CT molecular complexity index is 1240. The fourth-order valence-corrected chi connectivity index (χ4v) is 4.23. The number of ether oxygens (including phenoxy) is 2. The number of nitrogens with zero attached hydrogens (tertiary/aromatic N) is 2. The van der Waals surface area contributed by atoms with E-state index in [2.05, 4.69) is 11.9 Å². The van der Waals surface area contributed by atoms with Crippen LogP contribution < -0.4 is 9.47 Å². The van der Waals surface area contributed by atoms with Crippen LogP contribution in [0.25, 0.3) is 5.76 Å². The zero-order valence-electron chi connectivity index (χ0n) is 20.5. The zero-order valence-corrected chi connectivity index (χ0v) is 20.5. The topological polar surface area (TPSA) is 89.0 Å². The summed E-state index contributed by atoms with van der Waals surface area (Å²) < 4.78 is 11.8. The molecule has 186 valence electrons. The van der Waals surface area contributed by atoms with Crippen molar-refractivity contribution in [3.8, 4) is 11.5 Å². The largest absolute Gasteiger partial charge is 0.507 e. The van der Waals surface area contributed by atoms with Gasteiger partial charge in [-0.1, -0.05) is 49.7 Å². The van der Waals surface area contributed by atoms with Crippen molar-refractivity contribution in [1.82, 2.24) is 9.88 Å². The number of aromatic nitrogens is 1. The molecule has 1 N–H and O–H groups in total. The van der Waals surface area contributed by atoms with Crippen LogP contribution in [0.4, 0.5) is 0 Å². The number of hydrogen-bond donors (Lipinski definition) is 1. The number of amides is 1. The molecule has 2 aromatic carbocycles. The first-order valence-corrected chi connectivity index (χ1v) is 12.2. The van der Waals surface area contributed by atoms with Crippen LogP contribution in [0.15, 0.2) is 78.6 Å². The Morgan fingerprint density at radius 2 is 1.72 bits per heavy atom. The van der Waals surface area contributed by atoms with Gasteiger partial charge in [0.1, 0.15) is 5.76 Å². The van der Waals surface area contributed by atoms with Gasteiger partial charge in [0.2, 0.25) is 0 Å². The van der Waals surface area contributed by atoms with E-state index in [0.717, 1.165) is 18.4 Å². The molecule has 0 spiro atoms. The molecule has 1 aliphatic heterocycles. The molecule has 4 rings (SSSR count). The maximum absolute atomic E-state index is 13.3. The molecule has 1 unspecified atom stereocenters. The summed E-state index contributed by atoms with van der Waals surface area (Å²) in [5, 5.41) is 11.2. The summed E-state index contributed by atoms with van der Waals surface area (Å²) in [6, 6.07) is 17.0. The minimum Gasteiger partial charge on any atom is -0.507 e. The molecule has 0 bridgehead atoms. The number of carbonyl (C=O) groups excluding carboxylic acids is 2. The Labute approximate surface area is 211 Å². The second-order valence-electron chi connectivity index (χ2n) is 8.49. The van der Waals surface area contributed by atoms with E-state index in [9.17, 15) is 14.7 Å². The van der Waals surface area contributed by atoms with E-state index >= 15 is 0 Å². The third-order valence-corrected chi connectivity index (χ3v) is 6.03. The molecular formula is C29H30N2O5. The number of Topliss-reactive ketones (excluding diaryl/α,β-unsaturated/α-hetero) is 1. The number of unbranched alkanes of at least 4 members (excludes halogenated alkanes) is 1. The monoisotopic (exact) mass is 486 g/mol. The van der Waals surface area contributed by atoms with Gasteiger partial charge in [0.05, 0.1) is 24.8 Å². The van der Waals surface area contributed by atoms with Gasteiger partial charge >= 0.3 is 0 Å². The minimum absolute atomic E-state index is 0.0438. The third-order valence-electron chi connectivity index (χ3n) is 6.03. The molecule has 1 atom stereocenters. The van der Waals surface area contributed by atoms with Gasteiger partial charge in [0.15, 0.2) is 11.5 Å². The SMILES string of the molecule is CCCCOc1ccc(C2C(=C(O)c3ccccc3)C(=O)C(=O)N2Cc2ccncc2)cc1OCC.